The van der Waals surface area contributed by atoms with Crippen LogP contribution in [-0.4, -0.2) is 0 Å². The smallest absolute Gasteiger partial charge is 0.00624 e. The number of rotatable bonds is 1. The van der Waals surface area contributed by atoms with Gasteiger partial charge in [-0.2, -0.15) is 0 Å². The minimum atomic E-state index is 0.778. The van der Waals surface area contributed by atoms with Crippen LogP contribution in [0.25, 0.3) is 0 Å². The Morgan fingerprint density at radius 2 is 2.27 bits per heavy atom. The number of hydrogen-bond donors (Lipinski definition) is 1. The van der Waals surface area contributed by atoms with Crippen LogP contribution < -0.4 is 5.73 Å². The van der Waals surface area contributed by atoms with Crippen molar-refractivity contribution in [2.24, 2.45) is 11.7 Å². The van der Waals surface area contributed by atoms with Crippen molar-refractivity contribution in [1.29, 1.82) is 0 Å². The average Bonchev–Trinajstić information content (AvgIpc) is 2.03. The molecule has 1 aliphatic carbocycles. The molecule has 0 spiro atoms. The molecule has 1 atom stereocenters. The largest absolute Gasteiger partial charge is 0.405 e. The minimum absolute atomic E-state index is 0.778. The van der Waals surface area contributed by atoms with E-state index in [9.17, 15) is 0 Å². The summed E-state index contributed by atoms with van der Waals surface area (Å²) in [7, 11) is 0. The molecule has 1 fully saturated rings. The van der Waals surface area contributed by atoms with Gasteiger partial charge in [-0.3, -0.25) is 0 Å². The molecule has 0 bridgehead atoms. The highest BCUT2D eigenvalue weighted by atomic mass is 14.5. The summed E-state index contributed by atoms with van der Waals surface area (Å²) in [5.41, 5.74) is 6.83. The maximum absolute atomic E-state index is 5.27. The van der Waals surface area contributed by atoms with Crippen LogP contribution in [0.5, 0.6) is 0 Å². The quantitative estimate of drug-likeness (QED) is 0.612. The molecule has 1 heteroatoms. The van der Waals surface area contributed by atoms with Crippen molar-refractivity contribution < 1.29 is 0 Å². The lowest BCUT2D eigenvalue weighted by Gasteiger charge is -2.20. The second-order valence-corrected chi connectivity index (χ2v) is 3.27. The van der Waals surface area contributed by atoms with Crippen molar-refractivity contribution >= 4 is 0 Å². The van der Waals surface area contributed by atoms with E-state index >= 15 is 0 Å². The molecule has 0 radical (unpaired) electrons. The molecule has 11 heavy (non-hydrogen) atoms. The molecule has 0 aromatic rings. The van der Waals surface area contributed by atoms with E-state index in [1.807, 2.05) is 6.08 Å². The summed E-state index contributed by atoms with van der Waals surface area (Å²) in [6, 6.07) is 0. The second-order valence-electron chi connectivity index (χ2n) is 3.27. The molecule has 1 rings (SSSR count). The van der Waals surface area contributed by atoms with Gasteiger partial charge in [-0.1, -0.05) is 25.0 Å². The lowest BCUT2D eigenvalue weighted by atomic mass is 9.85. The van der Waals surface area contributed by atoms with Gasteiger partial charge in [0.05, 0.1) is 0 Å². The molecule has 1 nitrogen and oxygen atoms in total. The highest BCUT2D eigenvalue weighted by Gasteiger charge is 2.12. The standard InChI is InChI=1S/C10H17N/c1-9-5-2-3-6-10(9)7-4-8-11/h4,7-9H,2-3,5-6,11H2,1H3/b8-4-,10-7-/t9-/m1/s1. The molecule has 2 N–H and O–H groups in total. The van der Waals surface area contributed by atoms with Gasteiger partial charge in [0.2, 0.25) is 0 Å². The summed E-state index contributed by atoms with van der Waals surface area (Å²) in [5.74, 6) is 0.778. The molecular formula is C10H17N. The Morgan fingerprint density at radius 1 is 1.45 bits per heavy atom. The van der Waals surface area contributed by atoms with Crippen LogP contribution >= 0.6 is 0 Å². The van der Waals surface area contributed by atoms with E-state index < -0.39 is 0 Å². The zero-order chi connectivity index (χ0) is 8.10. The Kier molecular flexibility index (Phi) is 3.21. The third-order valence-corrected chi connectivity index (χ3v) is 2.41. The van der Waals surface area contributed by atoms with Crippen molar-refractivity contribution in [3.8, 4) is 0 Å². The molecule has 0 aliphatic heterocycles. The molecule has 0 amide bonds. The average molecular weight is 151 g/mol. The Hall–Kier alpha value is -0.720. The third kappa shape index (κ3) is 2.41. The Balaban J connectivity index is 2.53. The van der Waals surface area contributed by atoms with Crippen LogP contribution in [0, 0.1) is 5.92 Å². The molecule has 1 saturated carbocycles. The van der Waals surface area contributed by atoms with E-state index in [1.54, 1.807) is 11.8 Å². The van der Waals surface area contributed by atoms with E-state index in [0.717, 1.165) is 5.92 Å². The minimum Gasteiger partial charge on any atom is -0.405 e. The highest BCUT2D eigenvalue weighted by molar-refractivity contribution is 5.15. The Labute approximate surface area is 69.0 Å². The summed E-state index contributed by atoms with van der Waals surface area (Å²) in [4.78, 5) is 0. The predicted octanol–water partition coefficient (Wildman–Crippen LogP) is 2.60. The van der Waals surface area contributed by atoms with Crippen LogP contribution in [-0.2, 0) is 0 Å². The van der Waals surface area contributed by atoms with Gasteiger partial charge in [-0.05, 0) is 37.5 Å². The molecule has 1 aliphatic rings. The molecule has 0 saturated heterocycles. The van der Waals surface area contributed by atoms with E-state index in [4.69, 9.17) is 5.73 Å². The number of allylic oxidation sites excluding steroid dienone is 3. The van der Waals surface area contributed by atoms with E-state index in [2.05, 4.69) is 13.0 Å². The lowest BCUT2D eigenvalue weighted by molar-refractivity contribution is 0.484. The van der Waals surface area contributed by atoms with Gasteiger partial charge in [0.15, 0.2) is 0 Å². The maximum Gasteiger partial charge on any atom is -0.00624 e. The van der Waals surface area contributed by atoms with Crippen molar-refractivity contribution in [3.63, 3.8) is 0 Å². The SMILES string of the molecule is C[C@@H]1CCCC/C1=C/C=C\N. The lowest BCUT2D eigenvalue weighted by Crippen LogP contribution is -2.05. The summed E-state index contributed by atoms with van der Waals surface area (Å²) < 4.78 is 0. The highest BCUT2D eigenvalue weighted by Crippen LogP contribution is 2.28. The molecular weight excluding hydrogens is 134 g/mol. The van der Waals surface area contributed by atoms with E-state index in [0.29, 0.717) is 0 Å². The zero-order valence-electron chi connectivity index (χ0n) is 7.22. The maximum atomic E-state index is 5.27. The van der Waals surface area contributed by atoms with Gasteiger partial charge in [0.1, 0.15) is 0 Å². The fourth-order valence-electron chi connectivity index (χ4n) is 1.64. The third-order valence-electron chi connectivity index (χ3n) is 2.41. The van der Waals surface area contributed by atoms with Crippen LogP contribution in [0.2, 0.25) is 0 Å². The first-order valence-electron chi connectivity index (χ1n) is 4.42. The first-order valence-corrected chi connectivity index (χ1v) is 4.42. The van der Waals surface area contributed by atoms with Crippen molar-refractivity contribution in [2.45, 2.75) is 32.6 Å². The van der Waals surface area contributed by atoms with E-state index in [-0.39, 0.29) is 0 Å². The number of hydrogen-bond acceptors (Lipinski definition) is 1. The van der Waals surface area contributed by atoms with Crippen LogP contribution in [0.15, 0.2) is 23.9 Å². The summed E-state index contributed by atoms with van der Waals surface area (Å²) in [6.07, 6.45) is 11.1. The molecule has 0 unspecified atom stereocenters. The Bertz CT molecular complexity index is 168. The predicted molar refractivity (Wildman–Crippen MR) is 49.0 cm³/mol. The molecule has 0 heterocycles. The summed E-state index contributed by atoms with van der Waals surface area (Å²) in [6.45, 7) is 2.30. The Morgan fingerprint density at radius 3 is 2.91 bits per heavy atom. The van der Waals surface area contributed by atoms with Crippen molar-refractivity contribution in [3.05, 3.63) is 23.9 Å². The van der Waals surface area contributed by atoms with Crippen LogP contribution in [0.1, 0.15) is 32.6 Å². The zero-order valence-corrected chi connectivity index (χ0v) is 7.22. The summed E-state index contributed by atoms with van der Waals surface area (Å²) >= 11 is 0. The first kappa shape index (κ1) is 8.38. The molecule has 0 aromatic heterocycles. The number of nitrogens with two attached hydrogens (primary N) is 1. The van der Waals surface area contributed by atoms with Gasteiger partial charge in [0, 0.05) is 0 Å². The second kappa shape index (κ2) is 4.22. The monoisotopic (exact) mass is 151 g/mol. The molecule has 62 valence electrons. The van der Waals surface area contributed by atoms with Gasteiger partial charge in [0.25, 0.3) is 0 Å². The topological polar surface area (TPSA) is 26.0 Å². The van der Waals surface area contributed by atoms with Gasteiger partial charge >= 0.3 is 0 Å². The summed E-state index contributed by atoms with van der Waals surface area (Å²) in [5, 5.41) is 0. The fraction of sp³-hybridized carbons (Fsp3) is 0.600. The molecule has 0 aromatic carbocycles. The van der Waals surface area contributed by atoms with Crippen molar-refractivity contribution in [1.82, 2.24) is 0 Å². The van der Waals surface area contributed by atoms with E-state index in [1.165, 1.54) is 25.7 Å². The van der Waals surface area contributed by atoms with Crippen LogP contribution in [0.3, 0.4) is 0 Å². The fourth-order valence-corrected chi connectivity index (χ4v) is 1.64. The van der Waals surface area contributed by atoms with Gasteiger partial charge in [-0.25, -0.2) is 0 Å². The normalized spacial score (nSPS) is 29.9. The van der Waals surface area contributed by atoms with Crippen LogP contribution in [0.4, 0.5) is 0 Å². The van der Waals surface area contributed by atoms with Gasteiger partial charge in [-0.15, -0.1) is 0 Å². The first-order chi connectivity index (χ1) is 5.34. The van der Waals surface area contributed by atoms with Gasteiger partial charge < -0.3 is 5.73 Å². The van der Waals surface area contributed by atoms with Crippen molar-refractivity contribution in [2.75, 3.05) is 0 Å².